The van der Waals surface area contributed by atoms with Gasteiger partial charge in [0.1, 0.15) is 17.7 Å². The number of piperidine rings is 1. The van der Waals surface area contributed by atoms with Crippen LogP contribution in [0.25, 0.3) is 0 Å². The minimum absolute atomic E-state index is 0.0667. The zero-order valence-corrected chi connectivity index (χ0v) is 21.9. The first-order valence-corrected chi connectivity index (χ1v) is 13.0. The number of nitrogen functional groups attached to an aromatic ring is 1. The number of rotatable bonds is 4. The fraction of sp³-hybridized carbons (Fsp3) is 0.538. The number of aromatic nitrogens is 2. The Bertz CT molecular complexity index is 1250. The summed E-state index contributed by atoms with van der Waals surface area (Å²) in [5, 5.41) is 8.16. The van der Waals surface area contributed by atoms with Crippen molar-refractivity contribution in [3.05, 3.63) is 35.7 Å². The van der Waals surface area contributed by atoms with Crippen molar-refractivity contribution in [2.45, 2.75) is 57.3 Å². The zero-order chi connectivity index (χ0) is 27.9. The van der Waals surface area contributed by atoms with E-state index in [0.717, 1.165) is 23.7 Å². The zero-order valence-electron chi connectivity index (χ0n) is 21.9. The summed E-state index contributed by atoms with van der Waals surface area (Å²) in [5.74, 6) is 0.219. The Labute approximate surface area is 224 Å². The third-order valence-electron chi connectivity index (χ3n) is 7.50. The lowest BCUT2D eigenvalue weighted by molar-refractivity contribution is -0.182. The lowest BCUT2D eigenvalue weighted by Gasteiger charge is -2.37. The normalized spacial score (nSPS) is 21.2. The summed E-state index contributed by atoms with van der Waals surface area (Å²) in [4.78, 5) is 27.0. The third-order valence-corrected chi connectivity index (χ3v) is 7.50. The van der Waals surface area contributed by atoms with Gasteiger partial charge in [0.2, 0.25) is 5.91 Å². The molecule has 1 aromatic carbocycles. The van der Waals surface area contributed by atoms with E-state index >= 15 is 0 Å². The molecule has 0 bridgehead atoms. The van der Waals surface area contributed by atoms with Crippen molar-refractivity contribution in [2.24, 2.45) is 0 Å². The number of amidine groups is 1. The van der Waals surface area contributed by atoms with Crippen LogP contribution < -0.4 is 15.5 Å². The van der Waals surface area contributed by atoms with Crippen molar-refractivity contribution in [3.63, 3.8) is 0 Å². The molecular formula is C26H32F3N7O3. The SMILES string of the molecule is CC1(C)C(=O)N(c2ccc(N3CCOCC3)cc2)c2nc(COC(=N)N3CCCCC3C(F)(F)F)nc(N)c21. The maximum Gasteiger partial charge on any atom is 0.408 e. The molecule has 0 aliphatic carbocycles. The molecule has 1 amide bonds. The molecule has 210 valence electrons. The van der Waals surface area contributed by atoms with Crippen LogP contribution in [0.2, 0.25) is 0 Å². The number of carbonyl (C=O) groups excluding carboxylic acids is 1. The number of hydrogen-bond donors (Lipinski definition) is 2. The van der Waals surface area contributed by atoms with Gasteiger partial charge in [0, 0.05) is 25.3 Å². The van der Waals surface area contributed by atoms with Gasteiger partial charge in [-0.2, -0.15) is 13.2 Å². The fourth-order valence-electron chi connectivity index (χ4n) is 5.43. The first-order valence-electron chi connectivity index (χ1n) is 13.0. The summed E-state index contributed by atoms with van der Waals surface area (Å²) < 4.78 is 51.3. The molecule has 1 aromatic heterocycles. The largest absolute Gasteiger partial charge is 0.457 e. The molecule has 0 radical (unpaired) electrons. The number of ether oxygens (including phenoxy) is 2. The van der Waals surface area contributed by atoms with Gasteiger partial charge in [-0.05, 0) is 57.4 Å². The molecule has 2 fully saturated rings. The highest BCUT2D eigenvalue weighted by Gasteiger charge is 2.48. The van der Waals surface area contributed by atoms with Gasteiger partial charge in [0.15, 0.2) is 12.4 Å². The number of halogens is 3. The molecule has 39 heavy (non-hydrogen) atoms. The van der Waals surface area contributed by atoms with Gasteiger partial charge in [-0.1, -0.05) is 0 Å². The third kappa shape index (κ3) is 5.07. The highest BCUT2D eigenvalue weighted by Crippen LogP contribution is 2.46. The molecule has 2 aromatic rings. The summed E-state index contributed by atoms with van der Waals surface area (Å²) in [6.45, 7) is 6.07. The number of likely N-dealkylation sites (tertiary alicyclic amines) is 1. The topological polar surface area (TPSA) is 121 Å². The number of amides is 1. The highest BCUT2D eigenvalue weighted by molar-refractivity contribution is 6.12. The van der Waals surface area contributed by atoms with Crippen LogP contribution in [0, 0.1) is 5.41 Å². The molecule has 0 saturated carbocycles. The second kappa shape index (κ2) is 10.2. The molecule has 5 rings (SSSR count). The van der Waals surface area contributed by atoms with E-state index in [-0.39, 0.29) is 37.1 Å². The Hall–Kier alpha value is -3.61. The molecule has 1 unspecified atom stereocenters. The molecule has 3 aliphatic rings. The first-order chi connectivity index (χ1) is 18.5. The predicted octanol–water partition coefficient (Wildman–Crippen LogP) is 3.72. The van der Waals surface area contributed by atoms with E-state index in [9.17, 15) is 18.0 Å². The van der Waals surface area contributed by atoms with E-state index in [1.807, 2.05) is 24.3 Å². The Morgan fingerprint density at radius 2 is 1.79 bits per heavy atom. The van der Waals surface area contributed by atoms with Gasteiger partial charge in [-0.15, -0.1) is 0 Å². The molecule has 2 saturated heterocycles. The highest BCUT2D eigenvalue weighted by atomic mass is 19.4. The van der Waals surface area contributed by atoms with Crippen LogP contribution in [0.5, 0.6) is 0 Å². The van der Waals surface area contributed by atoms with Crippen molar-refractivity contribution >= 4 is 34.9 Å². The van der Waals surface area contributed by atoms with Crippen LogP contribution in [0.15, 0.2) is 24.3 Å². The van der Waals surface area contributed by atoms with Crippen LogP contribution in [-0.4, -0.2) is 71.9 Å². The van der Waals surface area contributed by atoms with Crippen molar-refractivity contribution in [1.29, 1.82) is 5.41 Å². The van der Waals surface area contributed by atoms with Crippen LogP contribution in [0.1, 0.15) is 44.5 Å². The lowest BCUT2D eigenvalue weighted by Crippen LogP contribution is -2.51. The van der Waals surface area contributed by atoms with Crippen LogP contribution >= 0.6 is 0 Å². The monoisotopic (exact) mass is 547 g/mol. The second-order valence-electron chi connectivity index (χ2n) is 10.4. The predicted molar refractivity (Wildman–Crippen MR) is 139 cm³/mol. The summed E-state index contributed by atoms with van der Waals surface area (Å²) in [6.07, 6.45) is -3.58. The number of morpholine rings is 1. The number of fused-ring (bicyclic) bond motifs is 1. The number of hydrogen-bond acceptors (Lipinski definition) is 8. The van der Waals surface area contributed by atoms with Crippen molar-refractivity contribution in [1.82, 2.24) is 14.9 Å². The van der Waals surface area contributed by atoms with Crippen LogP contribution in [0.3, 0.4) is 0 Å². The number of benzene rings is 1. The molecule has 13 heteroatoms. The Balaban J connectivity index is 1.39. The van der Waals surface area contributed by atoms with Crippen molar-refractivity contribution < 1.29 is 27.4 Å². The molecule has 10 nitrogen and oxygen atoms in total. The molecule has 1 atom stereocenters. The van der Waals surface area contributed by atoms with Gasteiger partial charge in [-0.25, -0.2) is 9.97 Å². The molecule has 3 aliphatic heterocycles. The minimum Gasteiger partial charge on any atom is -0.457 e. The fourth-order valence-corrected chi connectivity index (χ4v) is 5.43. The Morgan fingerprint density at radius 1 is 1.13 bits per heavy atom. The maximum absolute atomic E-state index is 13.5. The second-order valence-corrected chi connectivity index (χ2v) is 10.4. The molecule has 0 spiro atoms. The van der Waals surface area contributed by atoms with E-state index < -0.39 is 23.7 Å². The van der Waals surface area contributed by atoms with Gasteiger partial charge in [0.25, 0.3) is 6.02 Å². The van der Waals surface area contributed by atoms with Crippen LogP contribution in [0.4, 0.5) is 36.2 Å². The Morgan fingerprint density at radius 3 is 2.46 bits per heavy atom. The molecular weight excluding hydrogens is 515 g/mol. The average Bonchev–Trinajstić information content (AvgIpc) is 3.12. The van der Waals surface area contributed by atoms with Gasteiger partial charge in [0.05, 0.1) is 29.9 Å². The standard InChI is InChI=1S/C26H32F3N7O3/c1-25(2)20-21(30)32-19(15-39-24(31)35-10-4-3-5-18(35)26(27,28)29)33-22(20)36(23(25)37)17-8-6-16(7-9-17)34-11-13-38-14-12-34/h6-9,18,31H,3-5,10-15H2,1-2H3,(H2,30,32,33). The van der Waals surface area contributed by atoms with Gasteiger partial charge >= 0.3 is 6.18 Å². The van der Waals surface area contributed by atoms with Crippen molar-refractivity contribution in [2.75, 3.05) is 48.4 Å². The van der Waals surface area contributed by atoms with Crippen LogP contribution in [-0.2, 0) is 26.3 Å². The number of alkyl halides is 3. The number of nitrogens with two attached hydrogens (primary N) is 1. The minimum atomic E-state index is -4.46. The molecule has 3 N–H and O–H groups in total. The average molecular weight is 548 g/mol. The number of nitrogens with zero attached hydrogens (tertiary/aromatic N) is 5. The smallest absolute Gasteiger partial charge is 0.408 e. The first kappa shape index (κ1) is 27.0. The quantitative estimate of drug-likeness (QED) is 0.439. The summed E-state index contributed by atoms with van der Waals surface area (Å²) >= 11 is 0. The molecule has 4 heterocycles. The van der Waals surface area contributed by atoms with E-state index in [2.05, 4.69) is 14.9 Å². The lowest BCUT2D eigenvalue weighted by atomic mass is 9.87. The maximum atomic E-state index is 13.5. The van der Waals surface area contributed by atoms with Crippen molar-refractivity contribution in [3.8, 4) is 0 Å². The number of nitrogens with one attached hydrogen (secondary N) is 1. The van der Waals surface area contributed by atoms with E-state index in [1.165, 1.54) is 4.90 Å². The Kier molecular flexibility index (Phi) is 7.04. The number of anilines is 4. The van der Waals surface area contributed by atoms with Gasteiger partial charge in [-0.3, -0.25) is 15.1 Å². The number of carbonyl (C=O) groups is 1. The summed E-state index contributed by atoms with van der Waals surface area (Å²) in [6, 6.07) is 5.19. The summed E-state index contributed by atoms with van der Waals surface area (Å²) in [7, 11) is 0. The summed E-state index contributed by atoms with van der Waals surface area (Å²) in [5.41, 5.74) is 7.37. The van der Waals surface area contributed by atoms with Gasteiger partial charge < -0.3 is 25.0 Å². The van der Waals surface area contributed by atoms with E-state index in [1.54, 1.807) is 13.8 Å². The van der Waals surface area contributed by atoms with E-state index in [0.29, 0.717) is 43.1 Å². The van der Waals surface area contributed by atoms with E-state index in [4.69, 9.17) is 20.6 Å².